The average molecular weight is 562 g/mol. The van der Waals surface area contributed by atoms with Crippen LogP contribution in [0, 0.1) is 0 Å². The van der Waals surface area contributed by atoms with Gasteiger partial charge in [0.25, 0.3) is 0 Å². The van der Waals surface area contributed by atoms with Crippen LogP contribution in [0.3, 0.4) is 0 Å². The second-order valence-corrected chi connectivity index (χ2v) is 12.2. The maximum Gasteiger partial charge on any atom is 0.248 e. The molecule has 0 spiro atoms. The standard InChI is InChI=1S/C24H27Cl3N2O5S/c25-18-12-20(26)23(21(27)13-18)35(32,33)29-9-6-19(15-29)34-16-22(30)28-10-7-24(31,8-11-28)14-17-4-2-1-3-5-17/h1-5,12-13,19,31H,6-11,14-16H2. The monoisotopic (exact) mass is 560 g/mol. The van der Waals surface area contributed by atoms with Gasteiger partial charge in [-0.25, -0.2) is 8.42 Å². The van der Waals surface area contributed by atoms with Crippen molar-refractivity contribution in [2.75, 3.05) is 32.8 Å². The molecule has 2 heterocycles. The highest BCUT2D eigenvalue weighted by molar-refractivity contribution is 7.89. The molecule has 35 heavy (non-hydrogen) atoms. The summed E-state index contributed by atoms with van der Waals surface area (Å²) in [5.41, 5.74) is 0.240. The number of amides is 1. The molecule has 1 N–H and O–H groups in total. The summed E-state index contributed by atoms with van der Waals surface area (Å²) in [6, 6.07) is 12.5. The van der Waals surface area contributed by atoms with E-state index < -0.39 is 21.7 Å². The van der Waals surface area contributed by atoms with Gasteiger partial charge in [0.2, 0.25) is 15.9 Å². The lowest BCUT2D eigenvalue weighted by Crippen LogP contribution is -2.48. The first-order valence-electron chi connectivity index (χ1n) is 11.4. The summed E-state index contributed by atoms with van der Waals surface area (Å²) in [4.78, 5) is 14.2. The number of carbonyl (C=O) groups excluding carboxylic acids is 1. The first-order valence-corrected chi connectivity index (χ1v) is 14.0. The Morgan fingerprint density at radius 1 is 1.06 bits per heavy atom. The number of nitrogens with zero attached hydrogens (tertiary/aromatic N) is 2. The number of likely N-dealkylation sites (tertiary alicyclic amines) is 1. The van der Waals surface area contributed by atoms with Crippen LogP contribution in [0.2, 0.25) is 15.1 Å². The van der Waals surface area contributed by atoms with Crippen LogP contribution in [-0.2, 0) is 26.0 Å². The van der Waals surface area contributed by atoms with E-state index in [9.17, 15) is 18.3 Å². The van der Waals surface area contributed by atoms with E-state index in [-0.39, 0.29) is 45.6 Å². The van der Waals surface area contributed by atoms with E-state index in [0.29, 0.717) is 38.8 Å². The molecule has 0 aliphatic carbocycles. The second kappa shape index (κ2) is 10.9. The van der Waals surface area contributed by atoms with Gasteiger partial charge in [-0.2, -0.15) is 4.31 Å². The molecule has 7 nitrogen and oxygen atoms in total. The molecule has 2 aliphatic heterocycles. The molecule has 0 saturated carbocycles. The zero-order valence-electron chi connectivity index (χ0n) is 19.0. The number of ether oxygens (including phenoxy) is 1. The molecule has 0 radical (unpaired) electrons. The Morgan fingerprint density at radius 2 is 1.69 bits per heavy atom. The van der Waals surface area contributed by atoms with Gasteiger partial charge in [-0.15, -0.1) is 0 Å². The number of carbonyl (C=O) groups is 1. The van der Waals surface area contributed by atoms with E-state index in [2.05, 4.69) is 0 Å². The van der Waals surface area contributed by atoms with Crippen LogP contribution in [0.4, 0.5) is 0 Å². The zero-order valence-corrected chi connectivity index (χ0v) is 22.1. The van der Waals surface area contributed by atoms with Gasteiger partial charge in [-0.3, -0.25) is 4.79 Å². The predicted octanol–water partition coefficient (Wildman–Crippen LogP) is 4.02. The van der Waals surface area contributed by atoms with Gasteiger partial charge in [0, 0.05) is 37.6 Å². The third-order valence-electron chi connectivity index (χ3n) is 6.53. The Balaban J connectivity index is 1.27. The van der Waals surface area contributed by atoms with Crippen LogP contribution in [0.5, 0.6) is 0 Å². The maximum atomic E-state index is 13.1. The van der Waals surface area contributed by atoms with Gasteiger partial charge in [0.1, 0.15) is 11.5 Å². The molecule has 2 aromatic rings. The highest BCUT2D eigenvalue weighted by Gasteiger charge is 2.37. The lowest BCUT2D eigenvalue weighted by molar-refractivity contribution is -0.142. The lowest BCUT2D eigenvalue weighted by Gasteiger charge is -2.38. The van der Waals surface area contributed by atoms with Crippen molar-refractivity contribution in [1.82, 2.24) is 9.21 Å². The Morgan fingerprint density at radius 3 is 2.31 bits per heavy atom. The Labute approximate surface area is 220 Å². The smallest absolute Gasteiger partial charge is 0.248 e. The van der Waals surface area contributed by atoms with E-state index in [4.69, 9.17) is 39.5 Å². The van der Waals surface area contributed by atoms with Crippen molar-refractivity contribution in [1.29, 1.82) is 0 Å². The minimum atomic E-state index is -3.94. The molecule has 2 aliphatic rings. The SMILES string of the molecule is O=C(COC1CCN(S(=O)(=O)c2c(Cl)cc(Cl)cc2Cl)C1)N1CCC(O)(Cc2ccccc2)CC1. The van der Waals surface area contributed by atoms with Gasteiger partial charge in [-0.1, -0.05) is 65.1 Å². The number of aliphatic hydroxyl groups is 1. The summed E-state index contributed by atoms with van der Waals surface area (Å²) in [5.74, 6) is -0.170. The number of piperidine rings is 1. The minimum absolute atomic E-state index is 0.0423. The number of rotatable bonds is 7. The molecular formula is C24H27Cl3N2O5S. The molecule has 4 rings (SSSR count). The van der Waals surface area contributed by atoms with Crippen molar-refractivity contribution in [2.24, 2.45) is 0 Å². The van der Waals surface area contributed by atoms with E-state index in [1.165, 1.54) is 16.4 Å². The lowest BCUT2D eigenvalue weighted by atomic mass is 9.85. The summed E-state index contributed by atoms with van der Waals surface area (Å²) in [7, 11) is -3.94. The topological polar surface area (TPSA) is 87.2 Å². The Kier molecular flexibility index (Phi) is 8.32. The normalized spacial score (nSPS) is 20.8. The van der Waals surface area contributed by atoms with Gasteiger partial charge in [-0.05, 0) is 37.0 Å². The van der Waals surface area contributed by atoms with E-state index in [1.54, 1.807) is 4.90 Å². The van der Waals surface area contributed by atoms with Crippen molar-refractivity contribution in [3.63, 3.8) is 0 Å². The van der Waals surface area contributed by atoms with Gasteiger partial charge in [0.05, 0.1) is 21.8 Å². The summed E-state index contributed by atoms with van der Waals surface area (Å²) in [5, 5.41) is 11.1. The third-order valence-corrected chi connectivity index (χ3v) is 9.54. The van der Waals surface area contributed by atoms with Crippen molar-refractivity contribution in [3.8, 4) is 0 Å². The second-order valence-electron chi connectivity index (χ2n) is 9.05. The van der Waals surface area contributed by atoms with Gasteiger partial charge in [0.15, 0.2) is 0 Å². The number of sulfonamides is 1. The fourth-order valence-corrected chi connectivity index (χ4v) is 7.54. The molecule has 2 fully saturated rings. The van der Waals surface area contributed by atoms with Crippen molar-refractivity contribution in [3.05, 3.63) is 63.1 Å². The molecule has 2 aromatic carbocycles. The largest absolute Gasteiger partial charge is 0.389 e. The molecule has 0 aromatic heterocycles. The maximum absolute atomic E-state index is 13.1. The number of hydrogen-bond acceptors (Lipinski definition) is 5. The van der Waals surface area contributed by atoms with Crippen LogP contribution in [0.1, 0.15) is 24.8 Å². The van der Waals surface area contributed by atoms with Gasteiger partial charge >= 0.3 is 0 Å². The van der Waals surface area contributed by atoms with Crippen LogP contribution >= 0.6 is 34.8 Å². The van der Waals surface area contributed by atoms with E-state index >= 15 is 0 Å². The molecule has 0 bridgehead atoms. The highest BCUT2D eigenvalue weighted by Crippen LogP contribution is 2.36. The predicted molar refractivity (Wildman–Crippen MR) is 135 cm³/mol. The average Bonchev–Trinajstić information content (AvgIpc) is 3.28. The first kappa shape index (κ1) is 26.7. The number of benzene rings is 2. The van der Waals surface area contributed by atoms with Crippen molar-refractivity contribution in [2.45, 2.75) is 42.3 Å². The fraction of sp³-hybridized carbons (Fsp3) is 0.458. The summed E-state index contributed by atoms with van der Waals surface area (Å²) >= 11 is 18.1. The molecule has 2 saturated heterocycles. The molecule has 11 heteroatoms. The highest BCUT2D eigenvalue weighted by atomic mass is 35.5. The summed E-state index contributed by atoms with van der Waals surface area (Å²) < 4.78 is 33.2. The Hall–Kier alpha value is -1.39. The molecule has 1 amide bonds. The fourth-order valence-electron chi connectivity index (χ4n) is 4.56. The molecular weight excluding hydrogens is 535 g/mol. The van der Waals surface area contributed by atoms with Crippen LogP contribution in [0.15, 0.2) is 47.4 Å². The zero-order chi connectivity index (χ0) is 25.2. The summed E-state index contributed by atoms with van der Waals surface area (Å²) in [6.45, 7) is 1.08. The molecule has 1 unspecified atom stereocenters. The van der Waals surface area contributed by atoms with Gasteiger partial charge < -0.3 is 14.7 Å². The van der Waals surface area contributed by atoms with E-state index in [0.717, 1.165) is 5.56 Å². The minimum Gasteiger partial charge on any atom is -0.389 e. The number of hydrogen-bond donors (Lipinski definition) is 1. The number of halogens is 3. The molecule has 190 valence electrons. The van der Waals surface area contributed by atoms with Crippen molar-refractivity contribution >= 4 is 50.7 Å². The third kappa shape index (κ3) is 6.31. The van der Waals surface area contributed by atoms with Crippen LogP contribution < -0.4 is 0 Å². The molecule has 1 atom stereocenters. The van der Waals surface area contributed by atoms with E-state index in [1.807, 2.05) is 30.3 Å². The first-order chi connectivity index (χ1) is 16.6. The van der Waals surface area contributed by atoms with Crippen LogP contribution in [-0.4, -0.2) is 73.1 Å². The van der Waals surface area contributed by atoms with Crippen molar-refractivity contribution < 1.29 is 23.1 Å². The van der Waals surface area contributed by atoms with Crippen LogP contribution in [0.25, 0.3) is 0 Å². The quantitative estimate of drug-likeness (QED) is 0.552. The summed E-state index contributed by atoms with van der Waals surface area (Å²) in [6.07, 6.45) is 1.57. The Bertz CT molecular complexity index is 1150.